The maximum absolute atomic E-state index is 13.6. The predicted molar refractivity (Wildman–Crippen MR) is 93.7 cm³/mol. The van der Waals surface area contributed by atoms with Gasteiger partial charge in [0.25, 0.3) is 5.56 Å². The van der Waals surface area contributed by atoms with Gasteiger partial charge >= 0.3 is 0 Å². The molecule has 5 nitrogen and oxygen atoms in total. The van der Waals surface area contributed by atoms with E-state index in [1.165, 1.54) is 6.07 Å². The van der Waals surface area contributed by atoms with E-state index in [4.69, 9.17) is 0 Å². The van der Waals surface area contributed by atoms with Gasteiger partial charge in [-0.1, -0.05) is 29.8 Å². The van der Waals surface area contributed by atoms with Crippen LogP contribution in [-0.4, -0.2) is 15.7 Å². The van der Waals surface area contributed by atoms with E-state index in [-0.39, 0.29) is 5.69 Å². The molecule has 1 heterocycles. The normalized spacial score (nSPS) is 10.6. The lowest BCUT2D eigenvalue weighted by Crippen LogP contribution is -2.29. The smallest absolute Gasteiger partial charge is 0.267 e. The fraction of sp³-hybridized carbons (Fsp3) is 0.105. The summed E-state index contributed by atoms with van der Waals surface area (Å²) in [5.74, 6) is -2.29. The highest BCUT2D eigenvalue weighted by atomic mass is 19.1. The van der Waals surface area contributed by atoms with Crippen LogP contribution >= 0.6 is 0 Å². The van der Waals surface area contributed by atoms with E-state index >= 15 is 0 Å². The number of benzene rings is 2. The molecular weight excluding hydrogens is 340 g/mol. The van der Waals surface area contributed by atoms with Gasteiger partial charge < -0.3 is 5.32 Å². The summed E-state index contributed by atoms with van der Waals surface area (Å²) in [5.41, 5.74) is 1.79. The average molecular weight is 355 g/mol. The van der Waals surface area contributed by atoms with Crippen LogP contribution in [0.4, 0.5) is 14.5 Å². The zero-order valence-electron chi connectivity index (χ0n) is 13.9. The number of carbonyl (C=O) groups excluding carboxylic acids is 1. The number of hydrogen-bond donors (Lipinski definition) is 1. The third-order valence-electron chi connectivity index (χ3n) is 3.71. The Balaban J connectivity index is 1.80. The zero-order chi connectivity index (χ0) is 18.7. The van der Waals surface area contributed by atoms with Gasteiger partial charge in [0.05, 0.1) is 11.4 Å². The van der Waals surface area contributed by atoms with Crippen LogP contribution in [0.2, 0.25) is 0 Å². The maximum Gasteiger partial charge on any atom is 0.267 e. The Morgan fingerprint density at radius 1 is 1.08 bits per heavy atom. The van der Waals surface area contributed by atoms with Crippen molar-refractivity contribution in [1.82, 2.24) is 9.78 Å². The molecule has 1 N–H and O–H groups in total. The number of rotatable bonds is 4. The van der Waals surface area contributed by atoms with Gasteiger partial charge in [0, 0.05) is 17.7 Å². The second-order valence-corrected chi connectivity index (χ2v) is 5.75. The minimum Gasteiger partial charge on any atom is -0.322 e. The Morgan fingerprint density at radius 2 is 1.81 bits per heavy atom. The van der Waals surface area contributed by atoms with Gasteiger partial charge in [-0.3, -0.25) is 9.59 Å². The molecule has 1 aromatic heterocycles. The Morgan fingerprint density at radius 3 is 2.50 bits per heavy atom. The molecule has 132 valence electrons. The summed E-state index contributed by atoms with van der Waals surface area (Å²) in [6, 6.07) is 13.2. The topological polar surface area (TPSA) is 64.0 Å². The first kappa shape index (κ1) is 17.5. The van der Waals surface area contributed by atoms with E-state index in [1.807, 2.05) is 31.2 Å². The first-order valence-electron chi connectivity index (χ1n) is 7.82. The summed E-state index contributed by atoms with van der Waals surface area (Å²) >= 11 is 0. The van der Waals surface area contributed by atoms with Crippen molar-refractivity contribution < 1.29 is 13.6 Å². The van der Waals surface area contributed by atoms with Crippen molar-refractivity contribution >= 4 is 11.6 Å². The van der Waals surface area contributed by atoms with Crippen LogP contribution in [0.5, 0.6) is 0 Å². The SMILES string of the molecule is Cc1ccc(-c2ccc(=O)n(CC(=O)Nc3ccc(F)cc3F)n2)cc1. The molecule has 0 aliphatic heterocycles. The predicted octanol–water partition coefficient (Wildman–Crippen LogP) is 3.14. The quantitative estimate of drug-likeness (QED) is 0.782. The number of nitrogens with one attached hydrogen (secondary N) is 1. The lowest BCUT2D eigenvalue weighted by molar-refractivity contribution is -0.117. The number of amides is 1. The summed E-state index contributed by atoms with van der Waals surface area (Å²) in [7, 11) is 0. The molecule has 26 heavy (non-hydrogen) atoms. The fourth-order valence-corrected chi connectivity index (χ4v) is 2.36. The van der Waals surface area contributed by atoms with E-state index in [0.717, 1.165) is 27.9 Å². The number of halogens is 2. The molecule has 0 fully saturated rings. The van der Waals surface area contributed by atoms with Crippen molar-refractivity contribution in [3.8, 4) is 11.3 Å². The second-order valence-electron chi connectivity index (χ2n) is 5.75. The van der Waals surface area contributed by atoms with E-state index in [0.29, 0.717) is 11.8 Å². The average Bonchev–Trinajstić information content (AvgIpc) is 2.60. The largest absolute Gasteiger partial charge is 0.322 e. The van der Waals surface area contributed by atoms with Gasteiger partial charge in [0.2, 0.25) is 5.91 Å². The van der Waals surface area contributed by atoms with Crippen molar-refractivity contribution in [3.05, 3.63) is 82.1 Å². The number of aryl methyl sites for hydroxylation is 1. The van der Waals surface area contributed by atoms with Crippen LogP contribution in [0, 0.1) is 18.6 Å². The molecule has 0 atom stereocenters. The lowest BCUT2D eigenvalue weighted by atomic mass is 10.1. The van der Waals surface area contributed by atoms with Gasteiger partial charge in [-0.05, 0) is 25.1 Å². The highest BCUT2D eigenvalue weighted by molar-refractivity contribution is 5.90. The summed E-state index contributed by atoms with van der Waals surface area (Å²) in [6.45, 7) is 1.56. The molecule has 0 aliphatic rings. The molecule has 0 aliphatic carbocycles. The minimum absolute atomic E-state index is 0.167. The number of aromatic nitrogens is 2. The summed E-state index contributed by atoms with van der Waals surface area (Å²) < 4.78 is 27.5. The Bertz CT molecular complexity index is 1010. The Kier molecular flexibility index (Phi) is 4.88. The maximum atomic E-state index is 13.6. The van der Waals surface area contributed by atoms with E-state index in [2.05, 4.69) is 10.4 Å². The summed E-state index contributed by atoms with van der Waals surface area (Å²) in [6.07, 6.45) is 0. The van der Waals surface area contributed by atoms with Crippen molar-refractivity contribution in [3.63, 3.8) is 0 Å². The molecule has 3 aromatic rings. The van der Waals surface area contributed by atoms with Gasteiger partial charge in [-0.25, -0.2) is 13.5 Å². The molecule has 7 heteroatoms. The zero-order valence-corrected chi connectivity index (χ0v) is 13.9. The molecule has 0 radical (unpaired) electrons. The molecular formula is C19H15F2N3O2. The summed E-state index contributed by atoms with van der Waals surface area (Å²) in [4.78, 5) is 24.0. The van der Waals surface area contributed by atoms with Gasteiger partial charge in [0.1, 0.15) is 18.2 Å². The number of hydrogen-bond acceptors (Lipinski definition) is 3. The number of nitrogens with zero attached hydrogens (tertiary/aromatic N) is 2. The van der Waals surface area contributed by atoms with Crippen molar-refractivity contribution in [1.29, 1.82) is 0 Å². The Labute approximate surface area is 147 Å². The van der Waals surface area contributed by atoms with Crippen LogP contribution in [0.15, 0.2) is 59.4 Å². The standard InChI is InChI=1S/C19H15F2N3O2/c1-12-2-4-13(5-3-12)16-8-9-19(26)24(23-16)11-18(25)22-17-7-6-14(20)10-15(17)21/h2-10H,11H2,1H3,(H,22,25). The molecule has 0 saturated heterocycles. The van der Waals surface area contributed by atoms with Crippen LogP contribution in [0.3, 0.4) is 0 Å². The van der Waals surface area contributed by atoms with E-state index in [9.17, 15) is 18.4 Å². The van der Waals surface area contributed by atoms with Gasteiger partial charge in [-0.2, -0.15) is 5.10 Å². The second kappa shape index (κ2) is 7.26. The molecule has 3 rings (SSSR count). The van der Waals surface area contributed by atoms with E-state index in [1.54, 1.807) is 6.07 Å². The van der Waals surface area contributed by atoms with Crippen LogP contribution in [0.1, 0.15) is 5.56 Å². The molecule has 0 spiro atoms. The van der Waals surface area contributed by atoms with Crippen molar-refractivity contribution in [2.45, 2.75) is 13.5 Å². The molecule has 0 bridgehead atoms. The Hall–Kier alpha value is -3.35. The first-order valence-corrected chi connectivity index (χ1v) is 7.82. The number of anilines is 1. The van der Waals surface area contributed by atoms with Crippen LogP contribution < -0.4 is 10.9 Å². The van der Waals surface area contributed by atoms with Crippen LogP contribution in [-0.2, 0) is 11.3 Å². The number of carbonyl (C=O) groups is 1. The first-order chi connectivity index (χ1) is 12.4. The highest BCUT2D eigenvalue weighted by Crippen LogP contribution is 2.16. The fourth-order valence-electron chi connectivity index (χ4n) is 2.36. The van der Waals surface area contributed by atoms with E-state index < -0.39 is 29.6 Å². The molecule has 1 amide bonds. The molecule has 0 saturated carbocycles. The van der Waals surface area contributed by atoms with Crippen molar-refractivity contribution in [2.75, 3.05) is 5.32 Å². The van der Waals surface area contributed by atoms with Gasteiger partial charge in [0.15, 0.2) is 0 Å². The molecule has 0 unspecified atom stereocenters. The highest BCUT2D eigenvalue weighted by Gasteiger charge is 2.11. The van der Waals surface area contributed by atoms with Crippen molar-refractivity contribution in [2.24, 2.45) is 0 Å². The lowest BCUT2D eigenvalue weighted by Gasteiger charge is -2.09. The minimum atomic E-state index is -0.896. The monoisotopic (exact) mass is 355 g/mol. The third-order valence-corrected chi connectivity index (χ3v) is 3.71. The van der Waals surface area contributed by atoms with Crippen LogP contribution in [0.25, 0.3) is 11.3 Å². The van der Waals surface area contributed by atoms with Gasteiger partial charge in [-0.15, -0.1) is 0 Å². The molecule has 2 aromatic carbocycles. The third kappa shape index (κ3) is 4.00. The summed E-state index contributed by atoms with van der Waals surface area (Å²) in [5, 5.41) is 6.48.